The Kier molecular flexibility index (Phi) is 22.8. The van der Waals surface area contributed by atoms with Crippen molar-refractivity contribution in [2.75, 3.05) is 11.9 Å². The van der Waals surface area contributed by atoms with Gasteiger partial charge in [0.1, 0.15) is 24.1 Å². The van der Waals surface area contributed by atoms with Crippen molar-refractivity contribution >= 4 is 64.9 Å². The van der Waals surface area contributed by atoms with Crippen LogP contribution in [0.25, 0.3) is 10.9 Å². The molecular formula is C69H86N8O9Si. The number of para-hydroxylation sites is 1. The van der Waals surface area contributed by atoms with E-state index in [0.717, 1.165) is 27.6 Å². The van der Waals surface area contributed by atoms with E-state index in [2.05, 4.69) is 106 Å². The number of anilines is 1. The van der Waals surface area contributed by atoms with Crippen LogP contribution in [0.5, 0.6) is 0 Å². The summed E-state index contributed by atoms with van der Waals surface area (Å²) in [6, 6.07) is 46.1. The number of nitrogens with one attached hydrogen (secondary N) is 6. The Morgan fingerprint density at radius 3 is 1.94 bits per heavy atom. The number of nitrogens with zero attached hydrogens (tertiary/aromatic N) is 2. The molecular weight excluding hydrogens is 1110 g/mol. The Balaban J connectivity index is 0.840. The number of hydrogen-bond acceptors (Lipinski definition) is 10. The van der Waals surface area contributed by atoms with E-state index in [0.29, 0.717) is 45.1 Å². The molecule has 460 valence electrons. The lowest BCUT2D eigenvalue weighted by molar-refractivity contribution is -0.133. The molecule has 0 aliphatic carbocycles. The van der Waals surface area contributed by atoms with Crippen molar-refractivity contribution in [3.63, 3.8) is 0 Å². The molecule has 7 N–H and O–H groups in total. The maximum absolute atomic E-state index is 14.4. The highest BCUT2D eigenvalue weighted by atomic mass is 28.4. The maximum Gasteiger partial charge on any atom is 0.351 e. The number of fused-ring (bicyclic) bond motifs is 1. The van der Waals surface area contributed by atoms with Crippen LogP contribution in [-0.4, -0.2) is 94.4 Å². The molecule has 18 heteroatoms. The topological polar surface area (TPSA) is 235 Å². The molecule has 87 heavy (non-hydrogen) atoms. The predicted octanol–water partition coefficient (Wildman–Crippen LogP) is 8.73. The number of rotatable bonds is 29. The average Bonchev–Trinajstić information content (AvgIpc) is 1.28. The summed E-state index contributed by atoms with van der Waals surface area (Å²) in [4.78, 5) is 90.1. The lowest BCUT2D eigenvalue weighted by Crippen LogP contribution is -2.67. The SMILES string of the molecule is CC(C)C[C@H](NC(=O)[C@@H](NC(=O)[C@H](Cc1c[nH]c2ccccc12)NC(=O)CCCCC(=O)Nc1ccn([C@H]2CC[C@@H](CO[Si](c3ccccc3)(c3ccccc3)C(C)(C)C)O2)c(=O)n1)C(C)C)[C@@H](O)CC(=O)NC(Cc1ccccc1)c1ccccc1. The summed E-state index contributed by atoms with van der Waals surface area (Å²) in [5.74, 6) is -2.58. The third-order valence-electron chi connectivity index (χ3n) is 16.2. The highest BCUT2D eigenvalue weighted by molar-refractivity contribution is 6.99. The van der Waals surface area contributed by atoms with Crippen molar-refractivity contribution in [2.45, 2.75) is 160 Å². The standard InChI is InChI=1S/C69H86N8O9Si/c1-46(2)40-57(59(78)43-63(81)71-56(49-26-14-9-15-27-49)41-48-24-12-8-13-25-48)73-67(83)65(47(3)4)76-66(82)58(42-50-44-70-55-33-21-20-32-54(50)55)72-61(79)34-22-23-35-62(80)74-60-38-39-77(68(84)75-60)64-37-36-51(86-64)45-85-87(69(5,6)7,52-28-16-10-17-29-52)53-30-18-11-19-31-53/h8-21,24-33,38-39,44,46-47,51,56-59,64-65,70,78H,22-23,34-37,40-43,45H2,1-7H3,(H,71,81)(H,72,79)(H,73,83)(H,76,82)(H,74,75,80,84)/t51-,56?,57-,58-,59-,64+,65-/m0/s1. The number of aliphatic hydroxyl groups excluding tert-OH is 1. The van der Waals surface area contributed by atoms with Gasteiger partial charge in [-0.15, -0.1) is 0 Å². The molecule has 1 saturated heterocycles. The molecule has 0 bridgehead atoms. The first-order chi connectivity index (χ1) is 41.8. The molecule has 1 fully saturated rings. The van der Waals surface area contributed by atoms with Crippen molar-refractivity contribution < 1.29 is 38.2 Å². The van der Waals surface area contributed by atoms with Crippen molar-refractivity contribution in [2.24, 2.45) is 11.8 Å². The van der Waals surface area contributed by atoms with Crippen LogP contribution in [0.3, 0.4) is 0 Å². The van der Waals surface area contributed by atoms with Crippen LogP contribution in [-0.2, 0) is 46.0 Å². The molecule has 1 unspecified atom stereocenters. The Morgan fingerprint density at radius 1 is 0.713 bits per heavy atom. The van der Waals surface area contributed by atoms with Gasteiger partial charge in [-0.3, -0.25) is 28.5 Å². The van der Waals surface area contributed by atoms with Crippen LogP contribution in [0, 0.1) is 11.8 Å². The molecule has 8 rings (SSSR count). The lowest BCUT2D eigenvalue weighted by Gasteiger charge is -2.43. The number of aromatic amines is 1. The molecule has 1 aliphatic heterocycles. The number of amides is 5. The normalized spacial score (nSPS) is 16.2. The number of aromatic nitrogens is 3. The number of unbranched alkanes of at least 4 members (excludes halogenated alkanes) is 1. The largest absolute Gasteiger partial charge is 0.405 e. The summed E-state index contributed by atoms with van der Waals surface area (Å²) >= 11 is 0. The van der Waals surface area contributed by atoms with Gasteiger partial charge in [-0.2, -0.15) is 4.98 Å². The Labute approximate surface area is 512 Å². The number of benzene rings is 5. The lowest BCUT2D eigenvalue weighted by atomic mass is 9.94. The first kappa shape index (κ1) is 65.0. The van der Waals surface area contributed by atoms with Gasteiger partial charge in [0.05, 0.1) is 37.3 Å². The third kappa shape index (κ3) is 17.6. The van der Waals surface area contributed by atoms with Crippen LogP contribution in [0.1, 0.15) is 129 Å². The minimum Gasteiger partial charge on any atom is -0.405 e. The fourth-order valence-electron chi connectivity index (χ4n) is 11.7. The number of H-pyrrole nitrogens is 1. The highest BCUT2D eigenvalue weighted by Crippen LogP contribution is 2.38. The summed E-state index contributed by atoms with van der Waals surface area (Å²) in [7, 11) is -2.80. The molecule has 5 amide bonds. The van der Waals surface area contributed by atoms with Crippen LogP contribution in [0.2, 0.25) is 5.04 Å². The van der Waals surface area contributed by atoms with E-state index in [4.69, 9.17) is 9.16 Å². The maximum atomic E-state index is 14.4. The van der Waals surface area contributed by atoms with E-state index in [1.165, 1.54) is 14.9 Å². The molecule has 0 saturated carbocycles. The smallest absolute Gasteiger partial charge is 0.351 e. The van der Waals surface area contributed by atoms with Crippen LogP contribution < -0.4 is 42.6 Å². The zero-order valence-electron chi connectivity index (χ0n) is 51.2. The van der Waals surface area contributed by atoms with Gasteiger partial charge in [-0.05, 0) is 94.6 Å². The Hall–Kier alpha value is -8.03. The van der Waals surface area contributed by atoms with Crippen molar-refractivity contribution in [1.29, 1.82) is 0 Å². The molecule has 2 aromatic heterocycles. The molecule has 17 nitrogen and oxygen atoms in total. The summed E-state index contributed by atoms with van der Waals surface area (Å²) in [5.41, 5.74) is 3.03. The van der Waals surface area contributed by atoms with Gasteiger partial charge in [0.2, 0.25) is 29.5 Å². The van der Waals surface area contributed by atoms with E-state index in [1.807, 2.05) is 111 Å². The van der Waals surface area contributed by atoms with E-state index >= 15 is 0 Å². The number of ether oxygens (including phenoxy) is 1. The summed E-state index contributed by atoms with van der Waals surface area (Å²) in [6.07, 6.45) is 4.00. The first-order valence-electron chi connectivity index (χ1n) is 30.6. The van der Waals surface area contributed by atoms with E-state index in [-0.39, 0.29) is 66.4 Å². The van der Waals surface area contributed by atoms with Crippen LogP contribution >= 0.6 is 0 Å². The van der Waals surface area contributed by atoms with Gasteiger partial charge in [0.25, 0.3) is 8.32 Å². The van der Waals surface area contributed by atoms with Crippen LogP contribution in [0.4, 0.5) is 5.82 Å². The molecule has 1 aliphatic rings. The fraction of sp³-hybridized carbons (Fsp3) is 0.406. The van der Waals surface area contributed by atoms with E-state index in [9.17, 15) is 33.9 Å². The van der Waals surface area contributed by atoms with Gasteiger partial charge >= 0.3 is 5.69 Å². The average molecular weight is 1200 g/mol. The minimum absolute atomic E-state index is 0.000651. The molecule has 0 spiro atoms. The second kappa shape index (κ2) is 30.5. The quantitative estimate of drug-likeness (QED) is 0.0174. The van der Waals surface area contributed by atoms with E-state index in [1.54, 1.807) is 32.3 Å². The van der Waals surface area contributed by atoms with Crippen molar-refractivity contribution in [3.05, 3.63) is 191 Å². The summed E-state index contributed by atoms with van der Waals surface area (Å²) < 4.78 is 15.0. The van der Waals surface area contributed by atoms with Gasteiger partial charge in [-0.25, -0.2) is 4.79 Å². The second-order valence-electron chi connectivity index (χ2n) is 24.7. The minimum atomic E-state index is -2.80. The zero-order chi connectivity index (χ0) is 62.1. The second-order valence-corrected chi connectivity index (χ2v) is 29.0. The molecule has 5 aromatic carbocycles. The number of carbonyl (C=O) groups excluding carboxylic acids is 5. The Morgan fingerprint density at radius 2 is 1.32 bits per heavy atom. The van der Waals surface area contributed by atoms with Crippen LogP contribution in [0.15, 0.2) is 169 Å². The molecule has 3 heterocycles. The number of hydrogen-bond donors (Lipinski definition) is 7. The molecule has 0 radical (unpaired) electrons. The Bertz CT molecular complexity index is 3390. The monoisotopic (exact) mass is 1200 g/mol. The number of carbonyl (C=O) groups is 5. The predicted molar refractivity (Wildman–Crippen MR) is 342 cm³/mol. The summed E-state index contributed by atoms with van der Waals surface area (Å²) in [6.45, 7) is 14.5. The summed E-state index contributed by atoms with van der Waals surface area (Å²) in [5, 5.41) is 29.3. The fourth-order valence-corrected chi connectivity index (χ4v) is 16.3. The third-order valence-corrected chi connectivity index (χ3v) is 21.2. The van der Waals surface area contributed by atoms with Gasteiger partial charge in [0, 0.05) is 42.6 Å². The van der Waals surface area contributed by atoms with Crippen molar-refractivity contribution in [1.82, 2.24) is 35.8 Å². The van der Waals surface area contributed by atoms with Crippen molar-refractivity contribution in [3.8, 4) is 0 Å². The van der Waals surface area contributed by atoms with Gasteiger partial charge in [0.15, 0.2) is 0 Å². The van der Waals surface area contributed by atoms with Gasteiger partial charge in [-0.1, -0.05) is 188 Å². The molecule has 7 atom stereocenters. The first-order valence-corrected chi connectivity index (χ1v) is 32.5. The van der Waals surface area contributed by atoms with Gasteiger partial charge < -0.3 is 45.8 Å². The number of aliphatic hydroxyl groups is 1. The van der Waals surface area contributed by atoms with E-state index < -0.39 is 68.1 Å². The highest BCUT2D eigenvalue weighted by Gasteiger charge is 2.51. The molecule has 7 aromatic rings. The zero-order valence-corrected chi connectivity index (χ0v) is 52.2.